The Bertz CT molecular complexity index is 927. The van der Waals surface area contributed by atoms with Gasteiger partial charge in [-0.15, -0.1) is 0 Å². The second-order valence-electron chi connectivity index (χ2n) is 6.95. The number of amides is 1. The molecule has 0 spiro atoms. The maximum atomic E-state index is 13.0. The van der Waals surface area contributed by atoms with Gasteiger partial charge in [-0.25, -0.2) is 0 Å². The van der Waals surface area contributed by atoms with Gasteiger partial charge in [0.1, 0.15) is 0 Å². The summed E-state index contributed by atoms with van der Waals surface area (Å²) in [6.07, 6.45) is 2.03. The number of aliphatic hydroxyl groups excluding tert-OH is 1. The number of H-pyrrole nitrogens is 1. The number of nitrogens with one attached hydrogen (secondary N) is 1. The summed E-state index contributed by atoms with van der Waals surface area (Å²) in [6.45, 7) is 2.88. The number of likely N-dealkylation sites (tertiary alicyclic amines) is 1. The lowest BCUT2D eigenvalue weighted by Gasteiger charge is -2.15. The van der Waals surface area contributed by atoms with Crippen LogP contribution in [-0.2, 0) is 13.5 Å². The molecule has 3 heterocycles. The first kappa shape index (κ1) is 15.9. The van der Waals surface area contributed by atoms with Crippen molar-refractivity contribution in [1.29, 1.82) is 0 Å². The normalized spacial score (nSPS) is 20.5. The Labute approximate surface area is 146 Å². The van der Waals surface area contributed by atoms with E-state index in [-0.39, 0.29) is 11.8 Å². The molecule has 25 heavy (non-hydrogen) atoms. The van der Waals surface area contributed by atoms with Gasteiger partial charge >= 0.3 is 0 Å². The van der Waals surface area contributed by atoms with Crippen LogP contribution in [0.2, 0.25) is 0 Å². The number of hydrogen-bond donors (Lipinski definition) is 2. The molecule has 0 saturated carbocycles. The number of aromatic amines is 1. The first-order valence-corrected chi connectivity index (χ1v) is 8.55. The third kappa shape index (κ3) is 2.82. The number of fused-ring (bicyclic) bond motifs is 1. The van der Waals surface area contributed by atoms with Crippen LogP contribution in [0.4, 0.5) is 0 Å². The predicted octanol–water partition coefficient (Wildman–Crippen LogP) is 1.89. The van der Waals surface area contributed by atoms with E-state index in [4.69, 9.17) is 0 Å². The van der Waals surface area contributed by atoms with Crippen molar-refractivity contribution in [2.24, 2.45) is 13.0 Å². The third-order valence-electron chi connectivity index (χ3n) is 5.05. The van der Waals surface area contributed by atoms with Crippen molar-refractivity contribution in [3.05, 3.63) is 53.5 Å². The van der Waals surface area contributed by atoms with Crippen LogP contribution in [0.1, 0.15) is 21.7 Å². The van der Waals surface area contributed by atoms with Gasteiger partial charge in [0, 0.05) is 48.8 Å². The van der Waals surface area contributed by atoms with E-state index in [0.29, 0.717) is 25.1 Å². The topological polar surface area (TPSA) is 74.2 Å². The summed E-state index contributed by atoms with van der Waals surface area (Å²) in [5.74, 6) is -0.00168. The minimum Gasteiger partial charge on any atom is -0.391 e. The van der Waals surface area contributed by atoms with E-state index in [2.05, 4.69) is 10.2 Å². The molecule has 3 aromatic rings. The van der Waals surface area contributed by atoms with E-state index in [1.807, 2.05) is 55.1 Å². The molecular formula is C19H22N4O2. The number of aryl methyl sites for hydroxylation is 2. The summed E-state index contributed by atoms with van der Waals surface area (Å²) in [5, 5.41) is 18.5. The fourth-order valence-corrected chi connectivity index (χ4v) is 3.75. The molecule has 4 rings (SSSR count). The van der Waals surface area contributed by atoms with E-state index >= 15 is 0 Å². The molecule has 0 bridgehead atoms. The second kappa shape index (κ2) is 6.04. The number of β-amino-alcohol motifs (C(OH)–C–C–N with tert-alkyl or cyclic N) is 1. The highest BCUT2D eigenvalue weighted by atomic mass is 16.3. The molecular weight excluding hydrogens is 316 g/mol. The van der Waals surface area contributed by atoms with E-state index in [1.165, 1.54) is 0 Å². The lowest BCUT2D eigenvalue weighted by Crippen LogP contribution is -2.29. The van der Waals surface area contributed by atoms with Crippen molar-refractivity contribution >= 4 is 16.8 Å². The fraction of sp³-hybridized carbons (Fsp3) is 0.368. The maximum absolute atomic E-state index is 13.0. The van der Waals surface area contributed by atoms with Crippen molar-refractivity contribution in [2.75, 3.05) is 13.1 Å². The summed E-state index contributed by atoms with van der Waals surface area (Å²) in [4.78, 5) is 14.8. The predicted molar refractivity (Wildman–Crippen MR) is 95.3 cm³/mol. The molecule has 0 unspecified atom stereocenters. The van der Waals surface area contributed by atoms with Gasteiger partial charge in [-0.3, -0.25) is 9.89 Å². The Kier molecular flexibility index (Phi) is 3.84. The van der Waals surface area contributed by atoms with Crippen LogP contribution in [0.15, 0.2) is 36.5 Å². The highest BCUT2D eigenvalue weighted by molar-refractivity contribution is 6.07. The maximum Gasteiger partial charge on any atom is 0.256 e. The lowest BCUT2D eigenvalue weighted by molar-refractivity contribution is 0.0766. The Morgan fingerprint density at radius 2 is 2.16 bits per heavy atom. The number of benzene rings is 1. The van der Waals surface area contributed by atoms with Gasteiger partial charge in [0.2, 0.25) is 0 Å². The SMILES string of the molecule is Cc1cc(C[C@@H]2CN(C(=O)c3cn(C)c4ccccc34)C[C@@H]2O)n[nH]1. The Morgan fingerprint density at radius 1 is 1.36 bits per heavy atom. The standard InChI is InChI=1S/C19H22N4O2/c1-12-7-14(21-20-12)8-13-9-23(11-18(13)24)19(25)16-10-22(2)17-6-4-3-5-15(16)17/h3-7,10,13,18,24H,8-9,11H2,1-2H3,(H,20,21)/t13-,18+/m1/s1. The summed E-state index contributed by atoms with van der Waals surface area (Å²) in [5.41, 5.74) is 3.67. The first-order chi connectivity index (χ1) is 12.0. The zero-order valence-electron chi connectivity index (χ0n) is 14.4. The number of para-hydroxylation sites is 1. The van der Waals surface area contributed by atoms with Gasteiger partial charge in [-0.1, -0.05) is 18.2 Å². The summed E-state index contributed by atoms with van der Waals surface area (Å²) < 4.78 is 1.97. The molecule has 6 nitrogen and oxygen atoms in total. The average molecular weight is 338 g/mol. The highest BCUT2D eigenvalue weighted by Crippen LogP contribution is 2.26. The molecule has 2 atom stereocenters. The van der Waals surface area contributed by atoms with Crippen molar-refractivity contribution < 1.29 is 9.90 Å². The Balaban J connectivity index is 1.54. The van der Waals surface area contributed by atoms with E-state index < -0.39 is 6.10 Å². The van der Waals surface area contributed by atoms with Crippen LogP contribution < -0.4 is 0 Å². The number of nitrogens with zero attached hydrogens (tertiary/aromatic N) is 3. The summed E-state index contributed by atoms with van der Waals surface area (Å²) >= 11 is 0. The molecule has 1 aliphatic heterocycles. The molecule has 0 aliphatic carbocycles. The van der Waals surface area contributed by atoms with Gasteiger partial charge < -0.3 is 14.6 Å². The highest BCUT2D eigenvalue weighted by Gasteiger charge is 2.35. The van der Waals surface area contributed by atoms with Crippen molar-refractivity contribution in [3.8, 4) is 0 Å². The van der Waals surface area contributed by atoms with Crippen LogP contribution in [0.3, 0.4) is 0 Å². The van der Waals surface area contributed by atoms with Crippen LogP contribution >= 0.6 is 0 Å². The van der Waals surface area contributed by atoms with Crippen LogP contribution in [-0.4, -0.2) is 49.9 Å². The number of aliphatic hydroxyl groups is 1. The lowest BCUT2D eigenvalue weighted by atomic mass is 10.0. The fourth-order valence-electron chi connectivity index (χ4n) is 3.75. The van der Waals surface area contributed by atoms with Crippen molar-refractivity contribution in [3.63, 3.8) is 0 Å². The van der Waals surface area contributed by atoms with Gasteiger partial charge in [0.15, 0.2) is 0 Å². The molecule has 6 heteroatoms. The molecule has 2 N–H and O–H groups in total. The number of rotatable bonds is 3. The first-order valence-electron chi connectivity index (χ1n) is 8.55. The quantitative estimate of drug-likeness (QED) is 0.766. The zero-order chi connectivity index (χ0) is 17.6. The molecule has 2 aromatic heterocycles. The number of carbonyl (C=O) groups is 1. The number of aromatic nitrogens is 3. The zero-order valence-corrected chi connectivity index (χ0v) is 14.4. The molecule has 1 aromatic carbocycles. The van der Waals surface area contributed by atoms with Gasteiger partial charge in [-0.05, 0) is 25.5 Å². The van der Waals surface area contributed by atoms with Crippen LogP contribution in [0.25, 0.3) is 10.9 Å². The van der Waals surface area contributed by atoms with Crippen LogP contribution in [0.5, 0.6) is 0 Å². The smallest absolute Gasteiger partial charge is 0.256 e. The van der Waals surface area contributed by atoms with Gasteiger partial charge in [0.25, 0.3) is 5.91 Å². The summed E-state index contributed by atoms with van der Waals surface area (Å²) in [6, 6.07) is 9.88. The minimum absolute atomic E-state index is 0.0154. The molecule has 1 amide bonds. The Morgan fingerprint density at radius 3 is 2.92 bits per heavy atom. The average Bonchev–Trinajstić information content (AvgIpc) is 3.27. The minimum atomic E-state index is -0.518. The second-order valence-corrected chi connectivity index (χ2v) is 6.95. The van der Waals surface area contributed by atoms with Crippen LogP contribution in [0, 0.1) is 12.8 Å². The van der Waals surface area contributed by atoms with E-state index in [0.717, 1.165) is 22.3 Å². The van der Waals surface area contributed by atoms with E-state index in [1.54, 1.807) is 4.90 Å². The van der Waals surface area contributed by atoms with Crippen molar-refractivity contribution in [2.45, 2.75) is 19.4 Å². The van der Waals surface area contributed by atoms with E-state index in [9.17, 15) is 9.90 Å². The number of hydrogen-bond acceptors (Lipinski definition) is 3. The third-order valence-corrected chi connectivity index (χ3v) is 5.05. The molecule has 1 fully saturated rings. The summed E-state index contributed by atoms with van der Waals surface area (Å²) in [7, 11) is 1.95. The van der Waals surface area contributed by atoms with Crippen molar-refractivity contribution in [1.82, 2.24) is 19.7 Å². The molecule has 0 radical (unpaired) electrons. The van der Waals surface area contributed by atoms with Gasteiger partial charge in [0.05, 0.1) is 17.4 Å². The molecule has 1 aliphatic rings. The Hall–Kier alpha value is -2.60. The molecule has 1 saturated heterocycles. The van der Waals surface area contributed by atoms with Gasteiger partial charge in [-0.2, -0.15) is 5.10 Å². The number of carbonyl (C=O) groups excluding carboxylic acids is 1. The monoisotopic (exact) mass is 338 g/mol. The molecule has 130 valence electrons. The largest absolute Gasteiger partial charge is 0.391 e.